The van der Waals surface area contributed by atoms with Crippen LogP contribution in [0.1, 0.15) is 5.76 Å². The lowest BCUT2D eigenvalue weighted by Crippen LogP contribution is -2.04. The van der Waals surface area contributed by atoms with Gasteiger partial charge in [-0.25, -0.2) is 4.79 Å². The Bertz CT molecular complexity index is 594. The van der Waals surface area contributed by atoms with Crippen LogP contribution in [0.15, 0.2) is 27.4 Å². The summed E-state index contributed by atoms with van der Waals surface area (Å²) in [7, 11) is 2.99. The third-order valence-electron chi connectivity index (χ3n) is 2.46. The number of methoxy groups -OCH3 is 2. The fourth-order valence-electron chi connectivity index (χ4n) is 1.67. The molecule has 0 spiro atoms. The third-order valence-corrected chi connectivity index (χ3v) is 2.46. The van der Waals surface area contributed by atoms with Crippen LogP contribution in [-0.4, -0.2) is 19.3 Å². The van der Waals surface area contributed by atoms with Crippen molar-refractivity contribution in [2.45, 2.75) is 6.61 Å². The van der Waals surface area contributed by atoms with E-state index in [0.717, 1.165) is 0 Å². The van der Waals surface area contributed by atoms with E-state index in [0.29, 0.717) is 22.3 Å². The first-order valence-electron chi connectivity index (χ1n) is 4.99. The molecule has 0 radical (unpaired) electrons. The van der Waals surface area contributed by atoms with Crippen molar-refractivity contribution in [3.63, 3.8) is 0 Å². The standard InChI is InChI=1S/C12H12O5/c1-15-8-3-7-4-9(6-13)17-12(14)11(7)10(5-8)16-2/h3-5,13H,6H2,1-2H3. The minimum Gasteiger partial charge on any atom is -0.497 e. The van der Waals surface area contributed by atoms with Gasteiger partial charge in [0.15, 0.2) is 0 Å². The van der Waals surface area contributed by atoms with Crippen LogP contribution in [0.4, 0.5) is 0 Å². The fraction of sp³-hybridized carbons (Fsp3) is 0.250. The largest absolute Gasteiger partial charge is 0.497 e. The van der Waals surface area contributed by atoms with E-state index in [2.05, 4.69) is 0 Å². The minimum absolute atomic E-state index is 0.206. The van der Waals surface area contributed by atoms with E-state index < -0.39 is 5.63 Å². The smallest absolute Gasteiger partial charge is 0.347 e. The van der Waals surface area contributed by atoms with Crippen LogP contribution in [0, 0.1) is 0 Å². The van der Waals surface area contributed by atoms with Crippen molar-refractivity contribution in [2.75, 3.05) is 14.2 Å². The summed E-state index contributed by atoms with van der Waals surface area (Å²) < 4.78 is 15.2. The third kappa shape index (κ3) is 1.97. The highest BCUT2D eigenvalue weighted by atomic mass is 16.5. The van der Waals surface area contributed by atoms with Gasteiger partial charge in [0.1, 0.15) is 29.3 Å². The monoisotopic (exact) mass is 236 g/mol. The maximum atomic E-state index is 11.7. The van der Waals surface area contributed by atoms with Gasteiger partial charge in [-0.2, -0.15) is 0 Å². The van der Waals surface area contributed by atoms with E-state index in [1.54, 1.807) is 18.2 Å². The normalized spacial score (nSPS) is 10.5. The van der Waals surface area contributed by atoms with E-state index in [1.165, 1.54) is 14.2 Å². The Morgan fingerprint density at radius 1 is 1.24 bits per heavy atom. The average Bonchev–Trinajstić information content (AvgIpc) is 2.36. The summed E-state index contributed by atoms with van der Waals surface area (Å²) in [5, 5.41) is 9.93. The zero-order valence-electron chi connectivity index (χ0n) is 9.52. The molecule has 0 saturated heterocycles. The highest BCUT2D eigenvalue weighted by Gasteiger charge is 2.11. The highest BCUT2D eigenvalue weighted by Crippen LogP contribution is 2.29. The molecule has 0 atom stereocenters. The lowest BCUT2D eigenvalue weighted by molar-refractivity contribution is 0.241. The number of aliphatic hydroxyl groups excluding tert-OH is 1. The molecular formula is C12H12O5. The lowest BCUT2D eigenvalue weighted by atomic mass is 10.1. The Kier molecular flexibility index (Phi) is 3.01. The molecule has 0 aliphatic heterocycles. The van der Waals surface area contributed by atoms with Gasteiger partial charge in [0.05, 0.1) is 14.2 Å². The summed E-state index contributed by atoms with van der Waals surface area (Å²) in [4.78, 5) is 11.7. The molecule has 1 heterocycles. The van der Waals surface area contributed by atoms with E-state index in [-0.39, 0.29) is 12.4 Å². The molecule has 0 aliphatic rings. The zero-order chi connectivity index (χ0) is 12.4. The molecule has 90 valence electrons. The fourth-order valence-corrected chi connectivity index (χ4v) is 1.67. The summed E-state index contributed by atoms with van der Waals surface area (Å²) in [6.07, 6.45) is 0. The summed E-state index contributed by atoms with van der Waals surface area (Å²) in [5.74, 6) is 1.17. The number of hydrogen-bond donors (Lipinski definition) is 1. The van der Waals surface area contributed by atoms with Gasteiger partial charge in [-0.05, 0) is 17.5 Å². The first kappa shape index (κ1) is 11.5. The SMILES string of the molecule is COc1cc(OC)c2c(=O)oc(CO)cc2c1. The van der Waals surface area contributed by atoms with Gasteiger partial charge >= 0.3 is 5.63 Å². The summed E-state index contributed by atoms with van der Waals surface area (Å²) in [5.41, 5.74) is -0.536. The molecule has 2 aromatic rings. The summed E-state index contributed by atoms with van der Waals surface area (Å²) in [6, 6.07) is 4.88. The summed E-state index contributed by atoms with van der Waals surface area (Å²) in [6.45, 7) is -0.329. The van der Waals surface area contributed by atoms with Crippen molar-refractivity contribution in [3.05, 3.63) is 34.4 Å². The van der Waals surface area contributed by atoms with E-state index in [9.17, 15) is 4.79 Å². The number of fused-ring (bicyclic) bond motifs is 1. The zero-order valence-corrected chi connectivity index (χ0v) is 9.52. The van der Waals surface area contributed by atoms with Gasteiger partial charge < -0.3 is 19.0 Å². The van der Waals surface area contributed by atoms with Crippen LogP contribution in [0.25, 0.3) is 10.8 Å². The molecule has 17 heavy (non-hydrogen) atoms. The van der Waals surface area contributed by atoms with Crippen molar-refractivity contribution < 1.29 is 19.0 Å². The Morgan fingerprint density at radius 2 is 2.00 bits per heavy atom. The van der Waals surface area contributed by atoms with Gasteiger partial charge in [0.2, 0.25) is 0 Å². The van der Waals surface area contributed by atoms with Crippen molar-refractivity contribution in [3.8, 4) is 11.5 Å². The quantitative estimate of drug-likeness (QED) is 0.869. The molecule has 0 fully saturated rings. The van der Waals surface area contributed by atoms with Crippen molar-refractivity contribution in [2.24, 2.45) is 0 Å². The Balaban J connectivity index is 2.84. The molecule has 5 heteroatoms. The van der Waals surface area contributed by atoms with E-state index in [4.69, 9.17) is 19.0 Å². The second-order valence-electron chi connectivity index (χ2n) is 3.45. The van der Waals surface area contributed by atoms with E-state index in [1.807, 2.05) is 0 Å². The molecule has 0 amide bonds. The maximum absolute atomic E-state index is 11.7. The molecule has 5 nitrogen and oxygen atoms in total. The highest BCUT2D eigenvalue weighted by molar-refractivity contribution is 5.88. The van der Waals surface area contributed by atoms with E-state index >= 15 is 0 Å². The van der Waals surface area contributed by atoms with Gasteiger partial charge in [-0.15, -0.1) is 0 Å². The van der Waals surface area contributed by atoms with Gasteiger partial charge in [-0.3, -0.25) is 0 Å². The second-order valence-corrected chi connectivity index (χ2v) is 3.45. The van der Waals surface area contributed by atoms with Crippen LogP contribution >= 0.6 is 0 Å². The molecule has 1 aromatic heterocycles. The molecule has 0 aliphatic carbocycles. The summed E-state index contributed by atoms with van der Waals surface area (Å²) >= 11 is 0. The number of hydrogen-bond acceptors (Lipinski definition) is 5. The first-order valence-corrected chi connectivity index (χ1v) is 4.99. The Hall–Kier alpha value is -2.01. The number of ether oxygens (including phenoxy) is 2. The van der Waals surface area contributed by atoms with Crippen LogP contribution in [0.2, 0.25) is 0 Å². The van der Waals surface area contributed by atoms with Gasteiger partial charge in [0.25, 0.3) is 0 Å². The molecule has 0 unspecified atom stereocenters. The average molecular weight is 236 g/mol. The predicted octanol–water partition coefficient (Wildman–Crippen LogP) is 1.30. The second kappa shape index (κ2) is 4.47. The van der Waals surface area contributed by atoms with Crippen LogP contribution in [-0.2, 0) is 6.61 Å². The first-order chi connectivity index (χ1) is 8.19. The van der Waals surface area contributed by atoms with Crippen molar-refractivity contribution in [1.82, 2.24) is 0 Å². The predicted molar refractivity (Wildman–Crippen MR) is 61.5 cm³/mol. The van der Waals surface area contributed by atoms with Crippen LogP contribution < -0.4 is 15.1 Å². The molecule has 0 bridgehead atoms. The van der Waals surface area contributed by atoms with Crippen LogP contribution in [0.3, 0.4) is 0 Å². The Labute approximate surface area is 97.2 Å². The molecule has 1 N–H and O–H groups in total. The molecule has 1 aromatic carbocycles. The number of rotatable bonds is 3. The number of benzene rings is 1. The van der Waals surface area contributed by atoms with Crippen molar-refractivity contribution in [1.29, 1.82) is 0 Å². The Morgan fingerprint density at radius 3 is 2.59 bits per heavy atom. The van der Waals surface area contributed by atoms with Crippen LogP contribution in [0.5, 0.6) is 11.5 Å². The molecule has 0 saturated carbocycles. The number of aliphatic hydroxyl groups is 1. The topological polar surface area (TPSA) is 68.9 Å². The van der Waals surface area contributed by atoms with Gasteiger partial charge in [0, 0.05) is 6.07 Å². The lowest BCUT2D eigenvalue weighted by Gasteiger charge is -2.08. The molecule has 2 rings (SSSR count). The minimum atomic E-state index is -0.536. The van der Waals surface area contributed by atoms with Crippen molar-refractivity contribution >= 4 is 10.8 Å². The molecular weight excluding hydrogens is 224 g/mol. The van der Waals surface area contributed by atoms with Gasteiger partial charge in [-0.1, -0.05) is 0 Å². The maximum Gasteiger partial charge on any atom is 0.347 e.